The molecule has 2 nitrogen and oxygen atoms in total. The van der Waals surface area contributed by atoms with Crippen molar-refractivity contribution >= 4 is 34.2 Å². The van der Waals surface area contributed by atoms with E-state index in [1.807, 2.05) is 0 Å². The summed E-state index contributed by atoms with van der Waals surface area (Å²) in [7, 11) is 0. The predicted molar refractivity (Wildman–Crippen MR) is 71.0 cm³/mol. The Balaban J connectivity index is 2.60. The number of halogens is 5. The number of hydrogen-bond donors (Lipinski definition) is 0. The molecule has 0 aliphatic rings. The molecule has 0 spiro atoms. The van der Waals surface area contributed by atoms with Crippen molar-refractivity contribution in [3.05, 3.63) is 44.2 Å². The molecule has 0 unspecified atom stereocenters. The first kappa shape index (κ1) is 13.7. The van der Waals surface area contributed by atoms with Gasteiger partial charge in [0.15, 0.2) is 5.69 Å². The van der Waals surface area contributed by atoms with Gasteiger partial charge in [-0.25, -0.2) is 4.68 Å². The Labute approximate surface area is 120 Å². The van der Waals surface area contributed by atoms with Crippen LogP contribution in [0.2, 0.25) is 5.02 Å². The number of nitrogens with zero attached hydrogens (tertiary/aromatic N) is 2. The van der Waals surface area contributed by atoms with Crippen LogP contribution in [-0.4, -0.2) is 9.78 Å². The van der Waals surface area contributed by atoms with Crippen molar-refractivity contribution in [1.82, 2.24) is 9.78 Å². The predicted octanol–water partition coefficient (Wildman–Crippen LogP) is 4.46. The van der Waals surface area contributed by atoms with Gasteiger partial charge in [0, 0.05) is 5.02 Å². The minimum Gasteiger partial charge on any atom is -0.236 e. The maximum absolute atomic E-state index is 12.7. The lowest BCUT2D eigenvalue weighted by atomic mass is 10.3. The Hall–Kier alpha value is -0.760. The summed E-state index contributed by atoms with van der Waals surface area (Å²) in [6.07, 6.45) is -4.45. The molecule has 0 saturated carbocycles. The van der Waals surface area contributed by atoms with Crippen molar-refractivity contribution < 1.29 is 13.2 Å². The van der Waals surface area contributed by atoms with Crippen LogP contribution in [0.3, 0.4) is 0 Å². The molecule has 1 aromatic heterocycles. The Kier molecular flexibility index (Phi) is 3.59. The van der Waals surface area contributed by atoms with Gasteiger partial charge in [0.05, 0.1) is 15.0 Å². The largest absolute Gasteiger partial charge is 0.436 e. The van der Waals surface area contributed by atoms with Crippen LogP contribution < -0.4 is 0 Å². The summed E-state index contributed by atoms with van der Waals surface area (Å²) >= 11 is 7.47. The van der Waals surface area contributed by atoms with Crippen LogP contribution in [0, 0.1) is 10.5 Å². The van der Waals surface area contributed by atoms with Crippen LogP contribution in [0.15, 0.2) is 24.3 Å². The van der Waals surface area contributed by atoms with Crippen LogP contribution in [0.25, 0.3) is 5.69 Å². The summed E-state index contributed by atoms with van der Waals surface area (Å²) in [4.78, 5) is 0. The van der Waals surface area contributed by atoms with Gasteiger partial charge in [0.2, 0.25) is 0 Å². The maximum atomic E-state index is 12.7. The van der Waals surface area contributed by atoms with E-state index >= 15 is 0 Å². The topological polar surface area (TPSA) is 17.8 Å². The van der Waals surface area contributed by atoms with E-state index in [0.717, 1.165) is 0 Å². The number of alkyl halides is 3. The van der Waals surface area contributed by atoms with Crippen molar-refractivity contribution in [2.45, 2.75) is 13.1 Å². The minimum atomic E-state index is -4.45. The lowest BCUT2D eigenvalue weighted by Crippen LogP contribution is -2.08. The summed E-state index contributed by atoms with van der Waals surface area (Å²) in [5.41, 5.74) is 0.0687. The molecule has 0 aliphatic heterocycles. The van der Waals surface area contributed by atoms with E-state index in [9.17, 15) is 13.2 Å². The van der Waals surface area contributed by atoms with Crippen LogP contribution in [-0.2, 0) is 6.18 Å². The molecular weight excluding hydrogens is 379 g/mol. The van der Waals surface area contributed by atoms with Gasteiger partial charge >= 0.3 is 6.18 Å². The molecule has 0 amide bonds. The molecular formula is C11H7ClF3IN2. The zero-order valence-corrected chi connectivity index (χ0v) is 12.0. The van der Waals surface area contributed by atoms with Crippen LogP contribution in [0.5, 0.6) is 0 Å². The monoisotopic (exact) mass is 386 g/mol. The van der Waals surface area contributed by atoms with Crippen molar-refractivity contribution in [1.29, 1.82) is 0 Å². The third-order valence-electron chi connectivity index (χ3n) is 2.36. The fraction of sp³-hybridized carbons (Fsp3) is 0.182. The highest BCUT2D eigenvalue weighted by molar-refractivity contribution is 14.1. The van der Waals surface area contributed by atoms with Crippen LogP contribution >= 0.6 is 34.2 Å². The third-order valence-corrected chi connectivity index (χ3v) is 3.89. The van der Waals surface area contributed by atoms with Crippen molar-refractivity contribution in [2.24, 2.45) is 0 Å². The molecule has 0 atom stereocenters. The number of hydrogen-bond acceptors (Lipinski definition) is 1. The van der Waals surface area contributed by atoms with Gasteiger partial charge in [0.25, 0.3) is 0 Å². The van der Waals surface area contributed by atoms with E-state index in [4.69, 9.17) is 11.6 Å². The second-order valence-corrected chi connectivity index (χ2v) is 5.15. The quantitative estimate of drug-likeness (QED) is 0.662. The molecule has 1 aromatic carbocycles. The lowest BCUT2D eigenvalue weighted by Gasteiger charge is -2.04. The Morgan fingerprint density at radius 3 is 2.50 bits per heavy atom. The molecule has 0 radical (unpaired) electrons. The van der Waals surface area contributed by atoms with E-state index in [0.29, 0.717) is 16.4 Å². The molecule has 0 aliphatic carbocycles. The summed E-state index contributed by atoms with van der Waals surface area (Å²) in [5.74, 6) is 0. The second-order valence-electron chi connectivity index (χ2n) is 3.64. The average Bonchev–Trinajstić information content (AvgIpc) is 2.55. The minimum absolute atomic E-state index is 0.0973. The van der Waals surface area contributed by atoms with Gasteiger partial charge in [0.1, 0.15) is 0 Å². The normalized spacial score (nSPS) is 11.9. The van der Waals surface area contributed by atoms with E-state index in [1.54, 1.807) is 53.8 Å². The Bertz CT molecular complexity index is 592. The summed E-state index contributed by atoms with van der Waals surface area (Å²) in [5, 5.41) is 4.07. The van der Waals surface area contributed by atoms with Crippen molar-refractivity contribution in [3.63, 3.8) is 0 Å². The zero-order valence-electron chi connectivity index (χ0n) is 9.09. The van der Waals surface area contributed by atoms with E-state index in [2.05, 4.69) is 5.10 Å². The fourth-order valence-corrected chi connectivity index (χ4v) is 2.35. The standard InChI is InChI=1S/C11H7ClF3IN2/c1-6-9(16)10(11(13,14)15)17-18(6)8-4-2-3-7(12)5-8/h2-5H,1H3. The van der Waals surface area contributed by atoms with Gasteiger partial charge < -0.3 is 0 Å². The van der Waals surface area contributed by atoms with Crippen molar-refractivity contribution in [2.75, 3.05) is 0 Å². The van der Waals surface area contributed by atoms with Gasteiger partial charge in [-0.15, -0.1) is 0 Å². The molecule has 0 saturated heterocycles. The van der Waals surface area contributed by atoms with E-state index in [-0.39, 0.29) is 3.57 Å². The molecule has 2 rings (SSSR count). The van der Waals surface area contributed by atoms with Gasteiger partial charge in [-0.05, 0) is 47.7 Å². The van der Waals surface area contributed by atoms with Gasteiger partial charge in [-0.1, -0.05) is 17.7 Å². The first-order valence-electron chi connectivity index (χ1n) is 4.89. The van der Waals surface area contributed by atoms with Crippen LogP contribution in [0.1, 0.15) is 11.4 Å². The molecule has 96 valence electrons. The molecule has 0 fully saturated rings. The SMILES string of the molecule is Cc1c(I)c(C(F)(F)F)nn1-c1cccc(Cl)c1. The van der Waals surface area contributed by atoms with E-state index < -0.39 is 11.9 Å². The zero-order chi connectivity index (χ0) is 13.5. The number of rotatable bonds is 1. The van der Waals surface area contributed by atoms with E-state index in [1.165, 1.54) is 4.68 Å². The highest BCUT2D eigenvalue weighted by Gasteiger charge is 2.38. The average molecular weight is 387 g/mol. The summed E-state index contributed by atoms with van der Waals surface area (Å²) in [6.45, 7) is 1.59. The van der Waals surface area contributed by atoms with Crippen molar-refractivity contribution in [3.8, 4) is 5.69 Å². The molecule has 7 heteroatoms. The third kappa shape index (κ3) is 2.49. The highest BCUT2D eigenvalue weighted by atomic mass is 127. The smallest absolute Gasteiger partial charge is 0.236 e. The molecule has 1 heterocycles. The van der Waals surface area contributed by atoms with Gasteiger partial charge in [-0.2, -0.15) is 18.3 Å². The first-order valence-corrected chi connectivity index (χ1v) is 6.34. The number of benzene rings is 1. The highest BCUT2D eigenvalue weighted by Crippen LogP contribution is 2.34. The second kappa shape index (κ2) is 4.73. The first-order chi connectivity index (χ1) is 8.30. The van der Waals surface area contributed by atoms with Gasteiger partial charge in [-0.3, -0.25) is 0 Å². The Morgan fingerprint density at radius 2 is 2.00 bits per heavy atom. The fourth-order valence-electron chi connectivity index (χ4n) is 1.52. The number of aromatic nitrogens is 2. The molecule has 18 heavy (non-hydrogen) atoms. The maximum Gasteiger partial charge on any atom is 0.436 e. The molecule has 0 N–H and O–H groups in total. The summed E-state index contributed by atoms with van der Waals surface area (Å²) < 4.78 is 39.5. The Morgan fingerprint density at radius 1 is 1.33 bits per heavy atom. The van der Waals surface area contributed by atoms with Crippen LogP contribution in [0.4, 0.5) is 13.2 Å². The lowest BCUT2D eigenvalue weighted by molar-refractivity contribution is -0.142. The molecule has 0 bridgehead atoms. The molecule has 2 aromatic rings. The summed E-state index contributed by atoms with van der Waals surface area (Å²) in [6, 6.07) is 6.54.